The molecule has 1 aliphatic rings. The number of hydrogen-bond acceptors (Lipinski definition) is 12. The number of aliphatic hydroxyl groups excluding tert-OH is 2. The topological polar surface area (TPSA) is 191 Å². The summed E-state index contributed by atoms with van der Waals surface area (Å²) in [4.78, 5) is 31.1. The molecule has 1 fully saturated rings. The van der Waals surface area contributed by atoms with Gasteiger partial charge in [-0.05, 0) is 6.92 Å². The highest BCUT2D eigenvalue weighted by Gasteiger charge is 2.53. The first-order valence-corrected chi connectivity index (χ1v) is 9.00. The Bertz CT molecular complexity index is 932. The molecule has 0 unspecified atom stereocenters. The summed E-state index contributed by atoms with van der Waals surface area (Å²) in [6.45, 7) is 0.548. The van der Waals surface area contributed by atoms with Crippen LogP contribution in [-0.4, -0.2) is 74.7 Å². The van der Waals surface area contributed by atoms with E-state index in [1.54, 1.807) is 6.92 Å². The second-order valence-electron chi connectivity index (χ2n) is 5.73. The van der Waals surface area contributed by atoms with E-state index in [2.05, 4.69) is 15.3 Å². The number of hydrogen-bond donors (Lipinski definition) is 5. The zero-order valence-corrected chi connectivity index (χ0v) is 15.5. The van der Waals surface area contributed by atoms with Crippen molar-refractivity contribution >= 4 is 33.7 Å². The average molecular weight is 417 g/mol. The first kappa shape index (κ1) is 20.2. The van der Waals surface area contributed by atoms with E-state index < -0.39 is 35.5 Å². The Labute approximate surface area is 161 Å². The monoisotopic (exact) mass is 417 g/mol. The van der Waals surface area contributed by atoms with E-state index >= 15 is 0 Å². The molecule has 1 saturated heterocycles. The third kappa shape index (κ3) is 3.35. The van der Waals surface area contributed by atoms with Gasteiger partial charge in [0.05, 0.1) is 19.8 Å². The number of ether oxygens (including phenoxy) is 3. The Morgan fingerprint density at radius 3 is 2.96 bits per heavy atom. The van der Waals surface area contributed by atoms with E-state index in [1.807, 2.05) is 0 Å². The highest BCUT2D eigenvalue weighted by molar-refractivity contribution is 7.16. The number of carbonyl (C=O) groups is 1. The number of alkyl carbamates (subject to hydrolysis) is 1. The van der Waals surface area contributed by atoms with Crippen molar-refractivity contribution in [2.75, 3.05) is 32.3 Å². The van der Waals surface area contributed by atoms with E-state index in [0.29, 0.717) is 11.3 Å². The van der Waals surface area contributed by atoms with Crippen LogP contribution in [0.5, 0.6) is 5.88 Å². The van der Waals surface area contributed by atoms with Crippen molar-refractivity contribution in [3.8, 4) is 5.88 Å². The van der Waals surface area contributed by atoms with Crippen LogP contribution in [0.3, 0.4) is 0 Å². The maximum atomic E-state index is 12.6. The zero-order chi connectivity index (χ0) is 20.5. The van der Waals surface area contributed by atoms with Crippen LogP contribution in [0.1, 0.15) is 6.92 Å². The number of fused-ring (bicyclic) bond motifs is 1. The standard InChI is InChI=1S/C14H19N5O8S/c1-2-25-12(22)16-5-27-10-8-9(17-11(15)18-10)19(13(23)28-8)14(24)6(21)4-26-7(14)3-20/h6-7,20-21,24H,2-5H2,1H3,(H,16,22)(H2,15,17,18)/t6-,7+,14+/m0/s1. The molecule has 0 aromatic carbocycles. The van der Waals surface area contributed by atoms with Gasteiger partial charge in [-0.3, -0.25) is 10.1 Å². The summed E-state index contributed by atoms with van der Waals surface area (Å²) in [5.41, 5.74) is 3.31. The summed E-state index contributed by atoms with van der Waals surface area (Å²) in [5, 5.41) is 32.9. The molecule has 154 valence electrons. The summed E-state index contributed by atoms with van der Waals surface area (Å²) in [7, 11) is 0. The number of carbonyl (C=O) groups excluding carboxylic acids is 1. The molecule has 6 N–H and O–H groups in total. The van der Waals surface area contributed by atoms with Crippen LogP contribution in [0.4, 0.5) is 10.7 Å². The minimum Gasteiger partial charge on any atom is -0.455 e. The maximum absolute atomic E-state index is 12.6. The maximum Gasteiger partial charge on any atom is 0.409 e. The first-order valence-electron chi connectivity index (χ1n) is 8.18. The number of aliphatic hydroxyl groups is 3. The normalized spacial score (nSPS) is 24.4. The zero-order valence-electron chi connectivity index (χ0n) is 14.7. The lowest BCUT2D eigenvalue weighted by molar-refractivity contribution is -0.149. The largest absolute Gasteiger partial charge is 0.455 e. The minimum atomic E-state index is -2.26. The van der Waals surface area contributed by atoms with Gasteiger partial charge in [0.2, 0.25) is 17.6 Å². The van der Waals surface area contributed by atoms with Gasteiger partial charge in [-0.2, -0.15) is 9.97 Å². The fraction of sp³-hybridized carbons (Fsp3) is 0.571. The van der Waals surface area contributed by atoms with Crippen LogP contribution in [0.25, 0.3) is 10.3 Å². The predicted molar refractivity (Wildman–Crippen MR) is 94.8 cm³/mol. The fourth-order valence-corrected chi connectivity index (χ4v) is 3.72. The number of thiazole rings is 1. The molecule has 0 aliphatic carbocycles. The van der Waals surface area contributed by atoms with E-state index in [-0.39, 0.29) is 42.1 Å². The van der Waals surface area contributed by atoms with Crippen molar-refractivity contribution < 1.29 is 34.3 Å². The van der Waals surface area contributed by atoms with Gasteiger partial charge in [0, 0.05) is 0 Å². The molecule has 13 nitrogen and oxygen atoms in total. The fourth-order valence-electron chi connectivity index (χ4n) is 2.80. The number of anilines is 1. The molecule has 28 heavy (non-hydrogen) atoms. The summed E-state index contributed by atoms with van der Waals surface area (Å²) in [6.07, 6.45) is -3.46. The van der Waals surface area contributed by atoms with Gasteiger partial charge >= 0.3 is 11.0 Å². The number of rotatable bonds is 6. The van der Waals surface area contributed by atoms with Gasteiger partial charge in [-0.15, -0.1) is 0 Å². The summed E-state index contributed by atoms with van der Waals surface area (Å²) in [6, 6.07) is 0. The van der Waals surface area contributed by atoms with Crippen molar-refractivity contribution in [1.82, 2.24) is 19.9 Å². The van der Waals surface area contributed by atoms with Crippen molar-refractivity contribution in [3.05, 3.63) is 9.67 Å². The highest BCUT2D eigenvalue weighted by Crippen LogP contribution is 2.35. The molecule has 3 heterocycles. The number of nitrogens with zero attached hydrogens (tertiary/aromatic N) is 3. The lowest BCUT2D eigenvalue weighted by atomic mass is 10.0. The Balaban J connectivity index is 2.01. The molecule has 3 atom stereocenters. The molecule has 2 aromatic heterocycles. The number of nitrogen functional groups attached to an aromatic ring is 1. The van der Waals surface area contributed by atoms with Gasteiger partial charge in [-0.25, -0.2) is 9.36 Å². The molecule has 1 amide bonds. The van der Waals surface area contributed by atoms with Crippen molar-refractivity contribution in [1.29, 1.82) is 0 Å². The molecule has 3 rings (SSSR count). The predicted octanol–water partition coefficient (Wildman–Crippen LogP) is -2.09. The van der Waals surface area contributed by atoms with Gasteiger partial charge in [-0.1, -0.05) is 11.3 Å². The number of nitrogens with one attached hydrogen (secondary N) is 1. The Hall–Kier alpha value is -2.52. The van der Waals surface area contributed by atoms with E-state index in [4.69, 9.17) is 19.9 Å². The van der Waals surface area contributed by atoms with Gasteiger partial charge in [0.15, 0.2) is 12.4 Å². The Kier molecular flexibility index (Phi) is 5.66. The smallest absolute Gasteiger partial charge is 0.409 e. The van der Waals surface area contributed by atoms with Crippen molar-refractivity contribution in [2.24, 2.45) is 0 Å². The van der Waals surface area contributed by atoms with Crippen molar-refractivity contribution in [2.45, 2.75) is 24.9 Å². The molecule has 0 saturated carbocycles. The third-order valence-electron chi connectivity index (χ3n) is 4.06. The second-order valence-corrected chi connectivity index (χ2v) is 6.69. The van der Waals surface area contributed by atoms with E-state index in [1.165, 1.54) is 0 Å². The average Bonchev–Trinajstić information content (AvgIpc) is 3.12. The molecule has 1 aliphatic heterocycles. The van der Waals surface area contributed by atoms with Crippen LogP contribution in [-0.2, 0) is 15.2 Å². The highest BCUT2D eigenvalue weighted by atomic mass is 32.1. The van der Waals surface area contributed by atoms with E-state index in [0.717, 1.165) is 4.57 Å². The quantitative estimate of drug-likeness (QED) is 0.324. The lowest BCUT2D eigenvalue weighted by Crippen LogP contribution is -2.53. The number of nitrogens with two attached hydrogens (primary N) is 1. The minimum absolute atomic E-state index is 0.112. The summed E-state index contributed by atoms with van der Waals surface area (Å²) in [5.74, 6) is -0.388. The van der Waals surface area contributed by atoms with E-state index in [9.17, 15) is 24.9 Å². The molecule has 14 heteroatoms. The Morgan fingerprint density at radius 2 is 2.29 bits per heavy atom. The van der Waals surface area contributed by atoms with Gasteiger partial charge < -0.3 is 35.3 Å². The molecule has 0 radical (unpaired) electrons. The molecular formula is C14H19N5O8S. The van der Waals surface area contributed by atoms with Crippen LogP contribution >= 0.6 is 11.3 Å². The van der Waals surface area contributed by atoms with Crippen LogP contribution in [0.2, 0.25) is 0 Å². The Morgan fingerprint density at radius 1 is 1.54 bits per heavy atom. The third-order valence-corrected chi connectivity index (χ3v) is 4.98. The molecule has 2 aromatic rings. The molecule has 0 spiro atoms. The van der Waals surface area contributed by atoms with Crippen LogP contribution in [0, 0.1) is 0 Å². The lowest BCUT2D eigenvalue weighted by Gasteiger charge is -2.30. The van der Waals surface area contributed by atoms with Crippen LogP contribution < -0.4 is 20.7 Å². The second kappa shape index (κ2) is 7.84. The number of aromatic nitrogens is 3. The summed E-state index contributed by atoms with van der Waals surface area (Å²) < 4.78 is 16.1. The van der Waals surface area contributed by atoms with Gasteiger partial charge in [0.1, 0.15) is 16.9 Å². The first-order chi connectivity index (χ1) is 13.3. The van der Waals surface area contributed by atoms with Crippen molar-refractivity contribution in [3.63, 3.8) is 0 Å². The molecule has 0 bridgehead atoms. The molecular weight excluding hydrogens is 398 g/mol. The summed E-state index contributed by atoms with van der Waals surface area (Å²) >= 11 is 0.633. The SMILES string of the molecule is CCOC(=O)NCOc1nc(N)nc2c1sc(=O)n2[C@@]1(O)[C@@H](O)CO[C@@H]1CO. The van der Waals surface area contributed by atoms with Crippen LogP contribution in [0.15, 0.2) is 4.79 Å². The number of amides is 1. The van der Waals surface area contributed by atoms with Gasteiger partial charge in [0.25, 0.3) is 0 Å².